The highest BCUT2D eigenvalue weighted by Crippen LogP contribution is 2.41. The van der Waals surface area contributed by atoms with Gasteiger partial charge in [-0.2, -0.15) is 0 Å². The zero-order valence-corrected chi connectivity index (χ0v) is 23.0. The molecule has 0 spiro atoms. The number of rotatable bonds is 9. The van der Waals surface area contributed by atoms with Crippen molar-refractivity contribution in [1.29, 1.82) is 0 Å². The van der Waals surface area contributed by atoms with E-state index in [1.54, 1.807) is 33.8 Å². The minimum absolute atomic E-state index is 0.141. The van der Waals surface area contributed by atoms with Crippen LogP contribution in [0.15, 0.2) is 39.4 Å². The number of β-lactam (4-membered cyclic amide) rings is 1. The maximum atomic E-state index is 13.1. The summed E-state index contributed by atoms with van der Waals surface area (Å²) in [5.41, 5.74) is 12.6. The fourth-order valence-electron chi connectivity index (χ4n) is 4.00. The average molecular weight is 591 g/mol. The van der Waals surface area contributed by atoms with E-state index in [0.29, 0.717) is 16.4 Å². The molecule has 2 atom stereocenters. The van der Waals surface area contributed by atoms with Crippen LogP contribution in [0, 0.1) is 0 Å². The second kappa shape index (κ2) is 10.7. The van der Waals surface area contributed by atoms with Gasteiger partial charge in [0.2, 0.25) is 5.82 Å². The number of carboxylic acids is 1. The summed E-state index contributed by atoms with van der Waals surface area (Å²) in [6.45, 7) is 1.91. The molecule has 3 aromatic rings. The molecule has 1 unspecified atom stereocenters. The summed E-state index contributed by atoms with van der Waals surface area (Å²) in [5.74, 6) is -1.98. The first-order valence-corrected chi connectivity index (χ1v) is 14.3. The van der Waals surface area contributed by atoms with Crippen LogP contribution < -0.4 is 26.4 Å². The first-order chi connectivity index (χ1) is 18.7. The summed E-state index contributed by atoms with van der Waals surface area (Å²) in [5, 5.41) is 24.5. The molecular formula is C21H22N10O5S3. The maximum Gasteiger partial charge on any atom is 0.325 e. The van der Waals surface area contributed by atoms with Crippen molar-refractivity contribution in [3.63, 3.8) is 0 Å². The molecule has 0 radical (unpaired) electrons. The van der Waals surface area contributed by atoms with Crippen LogP contribution in [0.4, 0.5) is 10.9 Å². The number of nitrogen functional groups attached to an aromatic ring is 2. The Labute approximate surface area is 233 Å². The van der Waals surface area contributed by atoms with Gasteiger partial charge in [-0.15, -0.1) is 23.1 Å². The zero-order chi connectivity index (χ0) is 27.8. The number of nitrogens with one attached hydrogen (secondary N) is 1. The number of nitrogens with two attached hydrogens (primary N) is 2. The topological polar surface area (TPSA) is 211 Å². The fraction of sp³-hybridized carbons (Fsp3) is 0.333. The lowest BCUT2D eigenvalue weighted by atomic mass is 10.0. The Kier molecular flexibility index (Phi) is 7.32. The normalized spacial score (nSPS) is 19.2. The van der Waals surface area contributed by atoms with Gasteiger partial charge in [-0.05, 0) is 24.3 Å². The molecule has 39 heavy (non-hydrogen) atoms. The Morgan fingerprint density at radius 1 is 1.38 bits per heavy atom. The van der Waals surface area contributed by atoms with Gasteiger partial charge < -0.3 is 31.5 Å². The Morgan fingerprint density at radius 3 is 2.87 bits per heavy atom. The Morgan fingerprint density at radius 2 is 2.18 bits per heavy atom. The van der Waals surface area contributed by atoms with Crippen LogP contribution in [0.2, 0.25) is 0 Å². The number of hydrogen-bond acceptors (Lipinski definition) is 14. The number of nitrogens with zero attached hydrogens (tertiary/aromatic N) is 7. The molecule has 0 bridgehead atoms. The Balaban J connectivity index is 1.34. The number of aliphatic carboxylic acids is 1. The molecule has 18 heteroatoms. The predicted molar refractivity (Wildman–Crippen MR) is 141 cm³/mol. The number of carbonyl (C=O) groups excluding carboxylic acids is 3. The molecule has 1 saturated heterocycles. The molecule has 5 heterocycles. The quantitative estimate of drug-likeness (QED) is 0.0624. The van der Waals surface area contributed by atoms with Crippen molar-refractivity contribution in [2.45, 2.75) is 23.5 Å². The number of aryl methyl sites for hydroxylation is 1. The van der Waals surface area contributed by atoms with Gasteiger partial charge >= 0.3 is 5.16 Å². The monoisotopic (exact) mass is 590 g/mol. The highest BCUT2D eigenvalue weighted by atomic mass is 32.2. The number of carbonyl (C=O) groups is 3. The van der Waals surface area contributed by atoms with Gasteiger partial charge in [0, 0.05) is 16.9 Å². The first-order valence-electron chi connectivity index (χ1n) is 11.4. The van der Waals surface area contributed by atoms with E-state index in [1.165, 1.54) is 23.5 Å². The number of hydrogen-bond donors (Lipinski definition) is 3. The van der Waals surface area contributed by atoms with E-state index in [2.05, 4.69) is 25.5 Å². The number of anilines is 2. The van der Waals surface area contributed by atoms with Crippen LogP contribution in [-0.2, 0) is 26.3 Å². The average Bonchev–Trinajstić information content (AvgIpc) is 3.50. The summed E-state index contributed by atoms with van der Waals surface area (Å²) in [4.78, 5) is 52.8. The van der Waals surface area contributed by atoms with Crippen molar-refractivity contribution >= 4 is 75.0 Å². The second-order valence-electron chi connectivity index (χ2n) is 8.29. The van der Waals surface area contributed by atoms with Crippen LogP contribution >= 0.6 is 34.9 Å². The molecule has 15 nitrogen and oxygen atoms in total. The molecule has 2 amide bonds. The van der Waals surface area contributed by atoms with E-state index in [9.17, 15) is 19.5 Å². The van der Waals surface area contributed by atoms with Crippen LogP contribution in [0.3, 0.4) is 0 Å². The minimum Gasteiger partial charge on any atom is -0.543 e. The van der Waals surface area contributed by atoms with Crippen LogP contribution in [0.5, 0.6) is 0 Å². The lowest BCUT2D eigenvalue weighted by molar-refractivity contribution is -0.622. The smallest absolute Gasteiger partial charge is 0.325 e. The molecule has 0 aliphatic carbocycles. The molecule has 0 aromatic carbocycles. The van der Waals surface area contributed by atoms with Gasteiger partial charge in [-0.1, -0.05) is 19.8 Å². The first kappa shape index (κ1) is 26.7. The highest BCUT2D eigenvalue weighted by Gasteiger charge is 2.53. The van der Waals surface area contributed by atoms with Gasteiger partial charge in [-0.25, -0.2) is 9.55 Å². The molecule has 2 aliphatic rings. The lowest BCUT2D eigenvalue weighted by Gasteiger charge is -2.50. The van der Waals surface area contributed by atoms with Crippen molar-refractivity contribution in [3.8, 4) is 0 Å². The van der Waals surface area contributed by atoms with Gasteiger partial charge in [0.15, 0.2) is 17.2 Å². The summed E-state index contributed by atoms with van der Waals surface area (Å²) in [6, 6.07) is 0.693. The largest absolute Gasteiger partial charge is 0.543 e. The van der Waals surface area contributed by atoms with Crippen molar-refractivity contribution in [3.05, 3.63) is 34.7 Å². The van der Waals surface area contributed by atoms with Crippen LogP contribution in [-0.4, -0.2) is 77.6 Å². The molecule has 5 N–H and O–H groups in total. The van der Waals surface area contributed by atoms with E-state index in [4.69, 9.17) is 16.3 Å². The number of thiazole rings is 1. The molecule has 204 valence electrons. The molecular weight excluding hydrogens is 568 g/mol. The van der Waals surface area contributed by atoms with Crippen molar-refractivity contribution < 1.29 is 28.8 Å². The van der Waals surface area contributed by atoms with Crippen LogP contribution in [0.25, 0.3) is 5.65 Å². The van der Waals surface area contributed by atoms with E-state index >= 15 is 0 Å². The summed E-state index contributed by atoms with van der Waals surface area (Å²) < 4.78 is 3.37. The summed E-state index contributed by atoms with van der Waals surface area (Å²) in [6.07, 6.45) is 1.61. The predicted octanol–water partition coefficient (Wildman–Crippen LogP) is -1.89. The van der Waals surface area contributed by atoms with Gasteiger partial charge in [-0.3, -0.25) is 14.5 Å². The lowest BCUT2D eigenvalue weighted by Crippen LogP contribution is -2.71. The molecule has 0 saturated carbocycles. The number of amides is 2. The SMILES string of the molecule is CCO/N=C(\C(=O)NC1C(=O)N2C(C(=O)[O-])=C(CSc3nc(N)cc4n(C)cn[n+]34)CS[C@H]12)c1csc(N)n1. The molecule has 3 aromatic heterocycles. The van der Waals surface area contributed by atoms with Gasteiger partial charge in [0.05, 0.1) is 24.8 Å². The number of oxime groups is 1. The third-order valence-corrected chi connectivity index (χ3v) is 8.80. The second-order valence-corrected chi connectivity index (χ2v) is 11.2. The minimum atomic E-state index is -1.48. The van der Waals surface area contributed by atoms with Crippen molar-refractivity contribution in [2.24, 2.45) is 12.2 Å². The van der Waals surface area contributed by atoms with Gasteiger partial charge in [0.1, 0.15) is 23.7 Å². The van der Waals surface area contributed by atoms with E-state index in [-0.39, 0.29) is 46.2 Å². The summed E-state index contributed by atoms with van der Waals surface area (Å²) >= 11 is 3.68. The summed E-state index contributed by atoms with van der Waals surface area (Å²) in [7, 11) is 1.81. The Hall–Kier alpha value is -3.90. The third-order valence-electron chi connectivity index (χ3n) is 5.77. The fourth-order valence-corrected chi connectivity index (χ4v) is 6.99. The standard InChI is InChI=1S/C21H22N10O5S3/c1-3-36-28-13(10-7-38-20(23)25-10)16(32)27-14-17(33)30-15(19(34)35)9(5-37-18(14)30)6-39-21-26-11(22)4-12-29(2)8-24-31(12)21/h4,7-8,14,18,22H,3,5-6H2,1-2H3,(H4,23,25,27,32,34,35)/b28-13-/t14?,18-/m1/s1. The number of thioether (sulfide) groups is 2. The maximum absolute atomic E-state index is 13.1. The molecule has 1 fully saturated rings. The van der Waals surface area contributed by atoms with Crippen LogP contribution in [0.1, 0.15) is 12.6 Å². The number of aromatic nitrogens is 5. The number of carboxylic acid groups (broad SMARTS) is 1. The Bertz CT molecular complexity index is 1550. The molecule has 5 rings (SSSR count). The highest BCUT2D eigenvalue weighted by molar-refractivity contribution is 8.01. The van der Waals surface area contributed by atoms with Gasteiger partial charge in [0.25, 0.3) is 17.5 Å². The van der Waals surface area contributed by atoms with E-state index in [0.717, 1.165) is 16.2 Å². The van der Waals surface area contributed by atoms with E-state index in [1.807, 2.05) is 7.05 Å². The zero-order valence-electron chi connectivity index (χ0n) is 20.6. The van der Waals surface area contributed by atoms with E-state index < -0.39 is 29.2 Å². The molecule has 2 aliphatic heterocycles. The van der Waals surface area contributed by atoms with Crippen molar-refractivity contribution in [1.82, 2.24) is 29.9 Å². The third kappa shape index (κ3) is 4.97. The number of fused-ring (bicyclic) bond motifs is 2. The van der Waals surface area contributed by atoms with Crippen molar-refractivity contribution in [2.75, 3.05) is 29.6 Å².